The van der Waals surface area contributed by atoms with E-state index < -0.39 is 0 Å². The Morgan fingerprint density at radius 1 is 0.900 bits per heavy atom. The standard InChI is InChI=1S/C16H19N3O/c1-13-5-4-8-16(17-13)19-11-9-18(10-12-19)14-6-2-3-7-15(14)20/h2-8,20H,9-12H2,1H3. The van der Waals surface area contributed by atoms with Gasteiger partial charge in [0, 0.05) is 31.9 Å². The number of phenolic OH excluding ortho intramolecular Hbond substituents is 1. The van der Waals surface area contributed by atoms with Crippen molar-refractivity contribution < 1.29 is 5.11 Å². The lowest BCUT2D eigenvalue weighted by molar-refractivity contribution is 0.472. The Labute approximate surface area is 119 Å². The van der Waals surface area contributed by atoms with E-state index in [2.05, 4.69) is 20.9 Å². The number of benzene rings is 1. The molecule has 1 N–H and O–H groups in total. The van der Waals surface area contributed by atoms with Gasteiger partial charge in [-0.3, -0.25) is 0 Å². The minimum absolute atomic E-state index is 0.356. The number of phenols is 1. The number of pyridine rings is 1. The number of aromatic nitrogens is 1. The maximum Gasteiger partial charge on any atom is 0.138 e. The van der Waals surface area contributed by atoms with E-state index >= 15 is 0 Å². The van der Waals surface area contributed by atoms with Crippen molar-refractivity contribution in [1.82, 2.24) is 4.98 Å². The van der Waals surface area contributed by atoms with Crippen LogP contribution in [0.15, 0.2) is 42.5 Å². The summed E-state index contributed by atoms with van der Waals surface area (Å²) in [5.74, 6) is 1.40. The third-order valence-corrected chi connectivity index (χ3v) is 3.70. The third-order valence-electron chi connectivity index (χ3n) is 3.70. The van der Waals surface area contributed by atoms with Crippen molar-refractivity contribution in [2.24, 2.45) is 0 Å². The van der Waals surface area contributed by atoms with E-state index in [1.54, 1.807) is 6.07 Å². The molecule has 104 valence electrons. The molecule has 1 aliphatic heterocycles. The normalized spacial score (nSPS) is 15.4. The predicted molar refractivity (Wildman–Crippen MR) is 81.5 cm³/mol. The van der Waals surface area contributed by atoms with Gasteiger partial charge in [-0.2, -0.15) is 0 Å². The lowest BCUT2D eigenvalue weighted by atomic mass is 10.2. The minimum atomic E-state index is 0.356. The van der Waals surface area contributed by atoms with Crippen LogP contribution in [-0.4, -0.2) is 36.3 Å². The fourth-order valence-corrected chi connectivity index (χ4v) is 2.61. The third kappa shape index (κ3) is 2.54. The molecule has 20 heavy (non-hydrogen) atoms. The molecule has 1 aromatic heterocycles. The smallest absolute Gasteiger partial charge is 0.138 e. The molecule has 4 heteroatoms. The highest BCUT2D eigenvalue weighted by Gasteiger charge is 2.19. The number of rotatable bonds is 2. The summed E-state index contributed by atoms with van der Waals surface area (Å²) in [5, 5.41) is 9.91. The van der Waals surface area contributed by atoms with Gasteiger partial charge < -0.3 is 14.9 Å². The quantitative estimate of drug-likeness (QED) is 0.909. The van der Waals surface area contributed by atoms with Crippen LogP contribution in [0.5, 0.6) is 5.75 Å². The predicted octanol–water partition coefficient (Wildman–Crippen LogP) is 2.42. The van der Waals surface area contributed by atoms with E-state index in [9.17, 15) is 5.11 Å². The maximum absolute atomic E-state index is 9.91. The lowest BCUT2D eigenvalue weighted by Crippen LogP contribution is -2.46. The van der Waals surface area contributed by atoms with Gasteiger partial charge >= 0.3 is 0 Å². The summed E-state index contributed by atoms with van der Waals surface area (Å²) in [6.45, 7) is 5.65. The molecule has 3 rings (SSSR count). The summed E-state index contributed by atoms with van der Waals surface area (Å²) >= 11 is 0. The number of nitrogens with zero attached hydrogens (tertiary/aromatic N) is 3. The first-order chi connectivity index (χ1) is 9.74. The first kappa shape index (κ1) is 12.8. The van der Waals surface area contributed by atoms with Crippen LogP contribution < -0.4 is 9.80 Å². The number of para-hydroxylation sites is 2. The molecule has 2 aromatic rings. The van der Waals surface area contributed by atoms with Crippen LogP contribution >= 0.6 is 0 Å². The Kier molecular flexibility index (Phi) is 3.46. The van der Waals surface area contributed by atoms with Crippen LogP contribution in [0.1, 0.15) is 5.69 Å². The molecule has 2 heterocycles. The topological polar surface area (TPSA) is 39.6 Å². The number of piperazine rings is 1. The van der Waals surface area contributed by atoms with Crippen LogP contribution in [0.3, 0.4) is 0 Å². The largest absolute Gasteiger partial charge is 0.506 e. The molecule has 4 nitrogen and oxygen atoms in total. The van der Waals surface area contributed by atoms with Gasteiger partial charge in [-0.05, 0) is 31.2 Å². The molecule has 1 saturated heterocycles. The second-order valence-corrected chi connectivity index (χ2v) is 5.10. The first-order valence-corrected chi connectivity index (χ1v) is 6.95. The summed E-state index contributed by atoms with van der Waals surface area (Å²) < 4.78 is 0. The number of aryl methyl sites for hydroxylation is 1. The van der Waals surface area contributed by atoms with E-state index in [1.807, 2.05) is 37.3 Å². The fraction of sp³-hybridized carbons (Fsp3) is 0.312. The monoisotopic (exact) mass is 269 g/mol. The number of anilines is 2. The van der Waals surface area contributed by atoms with Crippen LogP contribution in [0.4, 0.5) is 11.5 Å². The van der Waals surface area contributed by atoms with Crippen LogP contribution in [-0.2, 0) is 0 Å². The van der Waals surface area contributed by atoms with Gasteiger partial charge in [0.05, 0.1) is 5.69 Å². The Balaban J connectivity index is 1.70. The average Bonchev–Trinajstić information content (AvgIpc) is 2.48. The van der Waals surface area contributed by atoms with Crippen LogP contribution in [0, 0.1) is 6.92 Å². The van der Waals surface area contributed by atoms with Crippen molar-refractivity contribution >= 4 is 11.5 Å². The Bertz CT molecular complexity index is 592. The van der Waals surface area contributed by atoms with Crippen molar-refractivity contribution in [3.05, 3.63) is 48.2 Å². The van der Waals surface area contributed by atoms with E-state index in [4.69, 9.17) is 0 Å². The molecule has 1 aliphatic rings. The van der Waals surface area contributed by atoms with E-state index in [0.29, 0.717) is 5.75 Å². The zero-order valence-corrected chi connectivity index (χ0v) is 11.7. The molecule has 0 unspecified atom stereocenters. The average molecular weight is 269 g/mol. The molecule has 0 amide bonds. The first-order valence-electron chi connectivity index (χ1n) is 6.95. The number of hydrogen-bond donors (Lipinski definition) is 1. The molecular weight excluding hydrogens is 250 g/mol. The molecule has 0 spiro atoms. The summed E-state index contributed by atoms with van der Waals surface area (Å²) in [6, 6.07) is 13.6. The van der Waals surface area contributed by atoms with Gasteiger partial charge in [0.25, 0.3) is 0 Å². The van der Waals surface area contributed by atoms with Crippen molar-refractivity contribution in [3.8, 4) is 5.75 Å². The van der Waals surface area contributed by atoms with Gasteiger partial charge in [-0.25, -0.2) is 4.98 Å². The van der Waals surface area contributed by atoms with Crippen LogP contribution in [0.25, 0.3) is 0 Å². The molecule has 0 aliphatic carbocycles. The molecule has 1 aromatic carbocycles. The van der Waals surface area contributed by atoms with Gasteiger partial charge in [-0.1, -0.05) is 18.2 Å². The second kappa shape index (κ2) is 5.41. The number of aromatic hydroxyl groups is 1. The Morgan fingerprint density at radius 2 is 1.60 bits per heavy atom. The van der Waals surface area contributed by atoms with Crippen LogP contribution in [0.2, 0.25) is 0 Å². The summed E-state index contributed by atoms with van der Waals surface area (Å²) in [6.07, 6.45) is 0. The highest BCUT2D eigenvalue weighted by molar-refractivity contribution is 5.58. The van der Waals surface area contributed by atoms with E-state index in [0.717, 1.165) is 43.4 Å². The van der Waals surface area contributed by atoms with Gasteiger partial charge in [0.2, 0.25) is 0 Å². The molecular formula is C16H19N3O. The van der Waals surface area contributed by atoms with Gasteiger partial charge in [0.1, 0.15) is 11.6 Å². The van der Waals surface area contributed by atoms with E-state index in [-0.39, 0.29) is 0 Å². The lowest BCUT2D eigenvalue weighted by Gasteiger charge is -2.37. The van der Waals surface area contributed by atoms with Crippen molar-refractivity contribution in [3.63, 3.8) is 0 Å². The molecule has 0 radical (unpaired) electrons. The van der Waals surface area contributed by atoms with Crippen molar-refractivity contribution in [2.45, 2.75) is 6.92 Å². The van der Waals surface area contributed by atoms with Crippen molar-refractivity contribution in [2.75, 3.05) is 36.0 Å². The zero-order valence-electron chi connectivity index (χ0n) is 11.7. The molecule has 0 atom stereocenters. The number of hydrogen-bond acceptors (Lipinski definition) is 4. The fourth-order valence-electron chi connectivity index (χ4n) is 2.61. The minimum Gasteiger partial charge on any atom is -0.506 e. The Morgan fingerprint density at radius 3 is 2.30 bits per heavy atom. The molecule has 0 saturated carbocycles. The molecule has 0 bridgehead atoms. The maximum atomic E-state index is 9.91. The summed E-state index contributed by atoms with van der Waals surface area (Å²) in [4.78, 5) is 9.09. The zero-order chi connectivity index (χ0) is 13.9. The highest BCUT2D eigenvalue weighted by atomic mass is 16.3. The van der Waals surface area contributed by atoms with Gasteiger partial charge in [-0.15, -0.1) is 0 Å². The summed E-state index contributed by atoms with van der Waals surface area (Å²) in [7, 11) is 0. The highest BCUT2D eigenvalue weighted by Crippen LogP contribution is 2.27. The van der Waals surface area contributed by atoms with E-state index in [1.165, 1.54) is 0 Å². The Hall–Kier alpha value is -2.23. The molecule has 1 fully saturated rings. The van der Waals surface area contributed by atoms with Gasteiger partial charge in [0.15, 0.2) is 0 Å². The van der Waals surface area contributed by atoms with Crippen molar-refractivity contribution in [1.29, 1.82) is 0 Å². The second-order valence-electron chi connectivity index (χ2n) is 5.10. The SMILES string of the molecule is Cc1cccc(N2CCN(c3ccccc3O)CC2)n1. The summed E-state index contributed by atoms with van der Waals surface area (Å²) in [5.41, 5.74) is 1.97.